The first kappa shape index (κ1) is 16.8. The highest BCUT2D eigenvalue weighted by molar-refractivity contribution is 6.04. The van der Waals surface area contributed by atoms with Crippen molar-refractivity contribution >= 4 is 17.3 Å². The lowest BCUT2D eigenvalue weighted by atomic mass is 10.1. The topological polar surface area (TPSA) is 41.1 Å². The van der Waals surface area contributed by atoms with Crippen molar-refractivity contribution < 1.29 is 4.79 Å². The van der Waals surface area contributed by atoms with Gasteiger partial charge in [-0.25, -0.2) is 0 Å². The Morgan fingerprint density at radius 1 is 0.880 bits per heavy atom. The zero-order valence-corrected chi connectivity index (χ0v) is 14.5. The third kappa shape index (κ3) is 4.48. The summed E-state index contributed by atoms with van der Waals surface area (Å²) in [7, 11) is 0. The fourth-order valence-corrected chi connectivity index (χ4v) is 2.67. The summed E-state index contributed by atoms with van der Waals surface area (Å²) in [5.41, 5.74) is 6.07. The van der Waals surface area contributed by atoms with E-state index < -0.39 is 0 Å². The van der Waals surface area contributed by atoms with Crippen LogP contribution in [0.2, 0.25) is 0 Å². The summed E-state index contributed by atoms with van der Waals surface area (Å²) < 4.78 is 0. The Balaban J connectivity index is 1.61. The second-order valence-corrected chi connectivity index (χ2v) is 6.19. The molecule has 25 heavy (non-hydrogen) atoms. The lowest BCUT2D eigenvalue weighted by molar-refractivity contribution is 0.102. The number of carbonyl (C=O) groups is 1. The van der Waals surface area contributed by atoms with Crippen molar-refractivity contribution in [2.24, 2.45) is 0 Å². The van der Waals surface area contributed by atoms with Gasteiger partial charge in [-0.3, -0.25) is 4.79 Å². The summed E-state index contributed by atoms with van der Waals surface area (Å²) in [6.07, 6.45) is 0. The summed E-state index contributed by atoms with van der Waals surface area (Å²) in [6.45, 7) is 4.82. The summed E-state index contributed by atoms with van der Waals surface area (Å²) in [5, 5.41) is 6.35. The van der Waals surface area contributed by atoms with E-state index in [9.17, 15) is 4.79 Å². The first-order valence-corrected chi connectivity index (χ1v) is 8.38. The standard InChI is InChI=1S/C22H22N2O/c1-16-6-5-8-20(14-16)24-22(25)19-12-10-18(11-13-19)15-23-21-9-4-3-7-17(21)2/h3-14,23H,15H2,1-2H3,(H,24,25). The minimum atomic E-state index is -0.0935. The molecule has 0 aliphatic heterocycles. The van der Waals surface area contributed by atoms with E-state index in [1.165, 1.54) is 5.56 Å². The maximum absolute atomic E-state index is 12.3. The van der Waals surface area contributed by atoms with Gasteiger partial charge in [0.1, 0.15) is 0 Å². The van der Waals surface area contributed by atoms with E-state index in [1.807, 2.05) is 67.6 Å². The van der Waals surface area contributed by atoms with Crippen LogP contribution in [0.5, 0.6) is 0 Å². The number of carbonyl (C=O) groups excluding carboxylic acids is 1. The number of amides is 1. The molecule has 3 rings (SSSR count). The van der Waals surface area contributed by atoms with Gasteiger partial charge in [0.15, 0.2) is 0 Å². The van der Waals surface area contributed by atoms with Gasteiger partial charge in [0.05, 0.1) is 0 Å². The van der Waals surface area contributed by atoms with Crippen LogP contribution in [-0.2, 0) is 6.54 Å². The van der Waals surface area contributed by atoms with E-state index in [0.717, 1.165) is 29.0 Å². The number of benzene rings is 3. The van der Waals surface area contributed by atoms with Crippen LogP contribution in [0.4, 0.5) is 11.4 Å². The predicted molar refractivity (Wildman–Crippen MR) is 104 cm³/mol. The highest BCUT2D eigenvalue weighted by Gasteiger charge is 2.06. The molecule has 0 heterocycles. The fourth-order valence-electron chi connectivity index (χ4n) is 2.67. The average Bonchev–Trinajstić information content (AvgIpc) is 2.61. The first-order chi connectivity index (χ1) is 12.1. The van der Waals surface area contributed by atoms with Crippen LogP contribution < -0.4 is 10.6 Å². The van der Waals surface area contributed by atoms with Crippen LogP contribution in [0.25, 0.3) is 0 Å². The summed E-state index contributed by atoms with van der Waals surface area (Å²) in [4.78, 5) is 12.3. The second kappa shape index (κ2) is 7.67. The Morgan fingerprint density at radius 3 is 2.36 bits per heavy atom. The van der Waals surface area contributed by atoms with Crippen molar-refractivity contribution in [3.63, 3.8) is 0 Å². The van der Waals surface area contributed by atoms with Gasteiger partial charge < -0.3 is 10.6 Å². The van der Waals surface area contributed by atoms with Gasteiger partial charge in [0.2, 0.25) is 0 Å². The molecule has 0 bridgehead atoms. The van der Waals surface area contributed by atoms with Crippen LogP contribution in [0.15, 0.2) is 72.8 Å². The molecule has 3 aromatic carbocycles. The van der Waals surface area contributed by atoms with Crippen LogP contribution in [0, 0.1) is 13.8 Å². The average molecular weight is 330 g/mol. The SMILES string of the molecule is Cc1cccc(NC(=O)c2ccc(CNc3ccccc3C)cc2)c1. The van der Waals surface area contributed by atoms with Gasteiger partial charge in [-0.05, 0) is 60.9 Å². The van der Waals surface area contributed by atoms with E-state index in [1.54, 1.807) is 0 Å². The Bertz CT molecular complexity index is 869. The van der Waals surface area contributed by atoms with Crippen LogP contribution >= 0.6 is 0 Å². The quantitative estimate of drug-likeness (QED) is 0.678. The number of rotatable bonds is 5. The Hall–Kier alpha value is -3.07. The zero-order chi connectivity index (χ0) is 17.6. The fraction of sp³-hybridized carbons (Fsp3) is 0.136. The maximum Gasteiger partial charge on any atom is 0.255 e. The lowest BCUT2D eigenvalue weighted by Gasteiger charge is -2.10. The molecule has 0 saturated heterocycles. The summed E-state index contributed by atoms with van der Waals surface area (Å²) in [5.74, 6) is -0.0935. The van der Waals surface area contributed by atoms with Crippen molar-refractivity contribution in [2.75, 3.05) is 10.6 Å². The minimum Gasteiger partial charge on any atom is -0.381 e. The monoisotopic (exact) mass is 330 g/mol. The molecular weight excluding hydrogens is 308 g/mol. The predicted octanol–water partition coefficient (Wildman–Crippen LogP) is 5.17. The smallest absolute Gasteiger partial charge is 0.255 e. The molecule has 0 saturated carbocycles. The third-order valence-electron chi connectivity index (χ3n) is 4.12. The number of aryl methyl sites for hydroxylation is 2. The Morgan fingerprint density at radius 2 is 1.64 bits per heavy atom. The molecule has 2 N–H and O–H groups in total. The number of hydrogen-bond donors (Lipinski definition) is 2. The first-order valence-electron chi connectivity index (χ1n) is 8.38. The van der Waals surface area contributed by atoms with Crippen molar-refractivity contribution in [3.05, 3.63) is 95.1 Å². The molecule has 0 unspecified atom stereocenters. The minimum absolute atomic E-state index is 0.0935. The van der Waals surface area contributed by atoms with Crippen LogP contribution in [-0.4, -0.2) is 5.91 Å². The molecule has 0 atom stereocenters. The van der Waals surface area contributed by atoms with Crippen molar-refractivity contribution in [1.82, 2.24) is 0 Å². The highest BCUT2D eigenvalue weighted by atomic mass is 16.1. The summed E-state index contributed by atoms with van der Waals surface area (Å²) >= 11 is 0. The number of anilines is 2. The van der Waals surface area contributed by atoms with Crippen molar-refractivity contribution in [1.29, 1.82) is 0 Å². The van der Waals surface area contributed by atoms with Crippen molar-refractivity contribution in [3.8, 4) is 0 Å². The van der Waals surface area contributed by atoms with Gasteiger partial charge in [-0.2, -0.15) is 0 Å². The molecule has 1 amide bonds. The van der Waals surface area contributed by atoms with E-state index in [-0.39, 0.29) is 5.91 Å². The molecular formula is C22H22N2O. The molecule has 0 aliphatic rings. The number of nitrogens with one attached hydrogen (secondary N) is 2. The third-order valence-corrected chi connectivity index (χ3v) is 4.12. The van der Waals surface area contributed by atoms with Gasteiger partial charge >= 0.3 is 0 Å². The molecule has 0 aromatic heterocycles. The maximum atomic E-state index is 12.3. The van der Waals surface area contributed by atoms with E-state index >= 15 is 0 Å². The van der Waals surface area contributed by atoms with Gasteiger partial charge in [0.25, 0.3) is 5.91 Å². The zero-order valence-electron chi connectivity index (χ0n) is 14.5. The molecule has 126 valence electrons. The van der Waals surface area contributed by atoms with Gasteiger partial charge in [-0.1, -0.05) is 42.5 Å². The van der Waals surface area contributed by atoms with E-state index in [4.69, 9.17) is 0 Å². The van der Waals surface area contributed by atoms with E-state index in [0.29, 0.717) is 5.56 Å². The second-order valence-electron chi connectivity index (χ2n) is 6.19. The summed E-state index contributed by atoms with van der Waals surface area (Å²) in [6, 6.07) is 23.7. The molecule has 3 heteroatoms. The highest BCUT2D eigenvalue weighted by Crippen LogP contribution is 2.16. The van der Waals surface area contributed by atoms with Crippen LogP contribution in [0.1, 0.15) is 27.0 Å². The van der Waals surface area contributed by atoms with Crippen molar-refractivity contribution in [2.45, 2.75) is 20.4 Å². The Kier molecular flexibility index (Phi) is 5.14. The normalized spacial score (nSPS) is 10.3. The lowest BCUT2D eigenvalue weighted by Crippen LogP contribution is -2.12. The molecule has 0 spiro atoms. The number of para-hydroxylation sites is 1. The molecule has 0 fully saturated rings. The van der Waals surface area contributed by atoms with E-state index in [2.05, 4.69) is 29.7 Å². The van der Waals surface area contributed by atoms with Gasteiger partial charge in [-0.15, -0.1) is 0 Å². The molecule has 3 nitrogen and oxygen atoms in total. The van der Waals surface area contributed by atoms with Gasteiger partial charge in [0, 0.05) is 23.5 Å². The number of hydrogen-bond acceptors (Lipinski definition) is 2. The largest absolute Gasteiger partial charge is 0.381 e. The molecule has 3 aromatic rings. The molecule has 0 aliphatic carbocycles. The van der Waals surface area contributed by atoms with Crippen LogP contribution in [0.3, 0.4) is 0 Å². The Labute approximate surface area is 148 Å². The molecule has 0 radical (unpaired) electrons.